The number of anilines is 6. The van der Waals surface area contributed by atoms with E-state index in [2.05, 4.69) is 175 Å². The summed E-state index contributed by atoms with van der Waals surface area (Å²) >= 11 is 0. The van der Waals surface area contributed by atoms with Crippen LogP contribution in [0.3, 0.4) is 0 Å². The maximum atomic E-state index is 10.3. The van der Waals surface area contributed by atoms with Gasteiger partial charge in [-0.05, 0) is 129 Å². The number of benzene rings is 9. The van der Waals surface area contributed by atoms with Crippen LogP contribution in [0.15, 0.2) is 224 Å². The monoisotopic (exact) mass is 815 g/mol. The van der Waals surface area contributed by atoms with Crippen molar-refractivity contribution >= 4 is 41.8 Å². The summed E-state index contributed by atoms with van der Waals surface area (Å²) in [6.07, 6.45) is 0. The van der Waals surface area contributed by atoms with Crippen LogP contribution in [-0.2, 0) is 5.41 Å². The first-order chi connectivity index (χ1) is 31.0. The zero-order chi connectivity index (χ0) is 42.8. The van der Waals surface area contributed by atoms with Crippen LogP contribution in [0.2, 0.25) is 0 Å². The third-order valence-electron chi connectivity index (χ3n) is 12.0. The maximum Gasteiger partial charge on any atom is 0.569 e. The fraction of sp³-hybridized carbons (Fsp3) is 0.0526. The second kappa shape index (κ2) is 16.9. The lowest BCUT2D eigenvalue weighted by Gasteiger charge is -2.28. The van der Waals surface area contributed by atoms with E-state index >= 15 is 0 Å². The van der Waals surface area contributed by atoms with Crippen LogP contribution >= 0.6 is 0 Å². The molecule has 10 rings (SSSR count). The van der Waals surface area contributed by atoms with Gasteiger partial charge in [-0.1, -0.05) is 153 Å². The van der Waals surface area contributed by atoms with Crippen molar-refractivity contribution in [2.75, 3.05) is 9.80 Å². The van der Waals surface area contributed by atoms with Crippen LogP contribution in [0.5, 0.6) is 17.2 Å². The highest BCUT2D eigenvalue weighted by Crippen LogP contribution is 2.53. The Morgan fingerprint density at radius 3 is 1.44 bits per heavy atom. The molecule has 63 heavy (non-hydrogen) atoms. The lowest BCUT2D eigenvalue weighted by atomic mass is 9.82. The molecule has 303 valence electrons. The summed E-state index contributed by atoms with van der Waals surface area (Å²) in [7, 11) is 0.716. The number of ether oxygens (including phenoxy) is 1. The van der Waals surface area contributed by atoms with Gasteiger partial charge in [-0.25, -0.2) is 0 Å². The van der Waals surface area contributed by atoms with Crippen LogP contribution < -0.4 is 19.2 Å². The first-order valence-electron chi connectivity index (χ1n) is 21.2. The molecule has 0 saturated carbocycles. The second-order valence-electron chi connectivity index (χ2n) is 16.2. The minimum Gasteiger partial charge on any atom is -0.533 e. The Kier molecular flexibility index (Phi) is 10.6. The lowest BCUT2D eigenvalue weighted by Crippen LogP contribution is -2.16. The summed E-state index contributed by atoms with van der Waals surface area (Å²) in [5.41, 5.74) is 14.8. The second-order valence-corrected chi connectivity index (χ2v) is 16.2. The number of nitrogens with zero attached hydrogens (tertiary/aromatic N) is 2. The molecule has 0 amide bonds. The average Bonchev–Trinajstić information content (AvgIpc) is 3.56. The molecule has 1 N–H and O–H groups in total. The predicted octanol–water partition coefficient (Wildman–Crippen LogP) is 15.0. The standard InChI is InChI=1S/C57H44BN2O3/c1-57(2)52-37-35-49(39-51(52)50-36-34-48(38-53(50)57)59(44-20-11-5-12-21-44)45-22-13-6-14-23-45)62-55-25-15-24-54(56(55)63-58-61)60(46-30-26-42(27-31-46)40-16-7-3-8-17-40)47-32-28-43(29-33-47)41-18-9-4-10-19-41/h3-39,61H,1-2H3. The van der Waals surface area contributed by atoms with Gasteiger partial charge in [0.25, 0.3) is 0 Å². The van der Waals surface area contributed by atoms with Gasteiger partial charge in [-0.2, -0.15) is 0 Å². The van der Waals surface area contributed by atoms with Gasteiger partial charge in [-0.3, -0.25) is 0 Å². The third-order valence-corrected chi connectivity index (χ3v) is 12.0. The zero-order valence-corrected chi connectivity index (χ0v) is 35.1. The predicted molar refractivity (Wildman–Crippen MR) is 259 cm³/mol. The Hall–Kier alpha value is -7.80. The molecule has 5 nitrogen and oxygen atoms in total. The fourth-order valence-corrected chi connectivity index (χ4v) is 8.88. The molecule has 0 atom stereocenters. The van der Waals surface area contributed by atoms with Crippen molar-refractivity contribution in [2.45, 2.75) is 19.3 Å². The lowest BCUT2D eigenvalue weighted by molar-refractivity contribution is 0.417. The van der Waals surface area contributed by atoms with E-state index in [1.165, 1.54) is 16.7 Å². The summed E-state index contributed by atoms with van der Waals surface area (Å²) in [5.74, 6) is 1.48. The number of hydrogen-bond acceptors (Lipinski definition) is 5. The molecule has 1 radical (unpaired) electrons. The minimum absolute atomic E-state index is 0.259. The Morgan fingerprint density at radius 2 is 0.905 bits per heavy atom. The van der Waals surface area contributed by atoms with Crippen molar-refractivity contribution in [3.8, 4) is 50.6 Å². The Labute approximate surface area is 370 Å². The third kappa shape index (κ3) is 7.62. The molecule has 0 unspecified atom stereocenters. The molecule has 0 aliphatic heterocycles. The van der Waals surface area contributed by atoms with Crippen molar-refractivity contribution in [1.82, 2.24) is 0 Å². The fourth-order valence-electron chi connectivity index (χ4n) is 8.88. The summed E-state index contributed by atoms with van der Waals surface area (Å²) in [4.78, 5) is 4.43. The van der Waals surface area contributed by atoms with Gasteiger partial charge >= 0.3 is 7.69 Å². The van der Waals surface area contributed by atoms with Crippen LogP contribution in [0.1, 0.15) is 25.0 Å². The summed E-state index contributed by atoms with van der Waals surface area (Å²) < 4.78 is 12.8. The zero-order valence-electron chi connectivity index (χ0n) is 35.1. The van der Waals surface area contributed by atoms with Gasteiger partial charge in [-0.15, -0.1) is 0 Å². The SMILES string of the molecule is CC1(C)c2ccc(Oc3cccc(N(c4ccc(-c5ccccc5)cc4)c4ccc(-c5ccccc5)cc4)c3O[B]O)cc2-c2ccc(N(c3ccccc3)c3ccccc3)cc21. The Balaban J connectivity index is 1.02. The minimum atomic E-state index is -0.259. The van der Waals surface area contributed by atoms with Crippen LogP contribution in [0.4, 0.5) is 34.1 Å². The quantitative estimate of drug-likeness (QED) is 0.124. The summed E-state index contributed by atoms with van der Waals surface area (Å²) in [6, 6.07) is 77.5. The van der Waals surface area contributed by atoms with Crippen molar-refractivity contribution in [1.29, 1.82) is 0 Å². The van der Waals surface area contributed by atoms with Crippen LogP contribution in [0, 0.1) is 0 Å². The summed E-state index contributed by atoms with van der Waals surface area (Å²) in [6.45, 7) is 4.58. The van der Waals surface area contributed by atoms with Gasteiger partial charge in [0.05, 0.1) is 5.69 Å². The molecule has 1 aliphatic rings. The molecule has 0 spiro atoms. The molecule has 0 saturated heterocycles. The molecular weight excluding hydrogens is 771 g/mol. The first kappa shape index (κ1) is 39.3. The number of para-hydroxylation sites is 3. The molecule has 6 heteroatoms. The van der Waals surface area contributed by atoms with Crippen molar-refractivity contribution in [3.63, 3.8) is 0 Å². The molecule has 9 aromatic rings. The highest BCUT2D eigenvalue weighted by Gasteiger charge is 2.36. The van der Waals surface area contributed by atoms with Gasteiger partial charge < -0.3 is 24.2 Å². The van der Waals surface area contributed by atoms with Crippen molar-refractivity contribution in [3.05, 3.63) is 236 Å². The first-order valence-corrected chi connectivity index (χ1v) is 21.2. The van der Waals surface area contributed by atoms with E-state index in [9.17, 15) is 5.02 Å². The molecular formula is C57H44BN2O3. The summed E-state index contributed by atoms with van der Waals surface area (Å²) in [5, 5.41) is 10.3. The molecule has 9 aromatic carbocycles. The number of hydrogen-bond donors (Lipinski definition) is 1. The van der Waals surface area contributed by atoms with E-state index in [0.29, 0.717) is 30.6 Å². The van der Waals surface area contributed by atoms with Gasteiger partial charge in [0, 0.05) is 33.9 Å². The normalized spacial score (nSPS) is 12.2. The molecule has 0 aromatic heterocycles. The Morgan fingerprint density at radius 1 is 0.413 bits per heavy atom. The van der Waals surface area contributed by atoms with E-state index in [1.807, 2.05) is 72.8 Å². The van der Waals surface area contributed by atoms with E-state index in [0.717, 1.165) is 56.3 Å². The maximum absolute atomic E-state index is 10.3. The smallest absolute Gasteiger partial charge is 0.533 e. The van der Waals surface area contributed by atoms with Gasteiger partial charge in [0.1, 0.15) is 5.75 Å². The molecule has 0 bridgehead atoms. The van der Waals surface area contributed by atoms with Crippen molar-refractivity contribution in [2.24, 2.45) is 0 Å². The van der Waals surface area contributed by atoms with Crippen LogP contribution in [0.25, 0.3) is 33.4 Å². The van der Waals surface area contributed by atoms with E-state index < -0.39 is 0 Å². The topological polar surface area (TPSA) is 45.2 Å². The highest BCUT2D eigenvalue weighted by molar-refractivity contribution is 6.18. The number of fused-ring (bicyclic) bond motifs is 3. The molecule has 0 heterocycles. The average molecular weight is 816 g/mol. The van der Waals surface area contributed by atoms with Crippen molar-refractivity contribution < 1.29 is 14.4 Å². The highest BCUT2D eigenvalue weighted by atomic mass is 16.5. The van der Waals surface area contributed by atoms with E-state index in [4.69, 9.17) is 9.39 Å². The van der Waals surface area contributed by atoms with Gasteiger partial charge in [0.15, 0.2) is 11.5 Å². The number of rotatable bonds is 12. The molecule has 0 fully saturated rings. The Bertz CT molecular complexity index is 2870. The molecule has 1 aliphatic carbocycles. The van der Waals surface area contributed by atoms with E-state index in [-0.39, 0.29) is 5.41 Å². The largest absolute Gasteiger partial charge is 0.569 e. The van der Waals surface area contributed by atoms with Gasteiger partial charge in [0.2, 0.25) is 0 Å². The van der Waals surface area contributed by atoms with E-state index in [1.54, 1.807) is 0 Å². The van der Waals surface area contributed by atoms with Crippen LogP contribution in [-0.4, -0.2) is 12.7 Å².